The average molecular weight is 278 g/mol. The van der Waals surface area contributed by atoms with Gasteiger partial charge < -0.3 is 0 Å². The first-order valence-corrected chi connectivity index (χ1v) is 7.02. The van der Waals surface area contributed by atoms with Crippen molar-refractivity contribution >= 4 is 29.1 Å². The number of hydrogen-bond donors (Lipinski definition) is 0. The second-order valence-electron chi connectivity index (χ2n) is 4.76. The Balaban J connectivity index is 2.85. The molecular weight excluding hydrogens is 260 g/mol. The molecule has 0 radical (unpaired) electrons. The van der Waals surface area contributed by atoms with Gasteiger partial charge in [0.1, 0.15) is 5.25 Å². The van der Waals surface area contributed by atoms with Crippen LogP contribution in [0.2, 0.25) is 0 Å². The van der Waals surface area contributed by atoms with Crippen LogP contribution >= 0.6 is 11.8 Å². The van der Waals surface area contributed by atoms with Gasteiger partial charge in [-0.25, -0.2) is 0 Å². The highest BCUT2D eigenvalue weighted by Gasteiger charge is 2.20. The summed E-state index contributed by atoms with van der Waals surface area (Å²) >= 11 is 1.22. The third-order valence-corrected chi connectivity index (χ3v) is 4.10. The van der Waals surface area contributed by atoms with Crippen LogP contribution in [0.4, 0.5) is 0 Å². The second kappa shape index (κ2) is 6.66. The lowest BCUT2D eigenvalue weighted by Gasteiger charge is -2.10. The van der Waals surface area contributed by atoms with Gasteiger partial charge in [0.15, 0.2) is 17.3 Å². The quantitative estimate of drug-likeness (QED) is 0.455. The van der Waals surface area contributed by atoms with Gasteiger partial charge in [0, 0.05) is 16.4 Å². The molecule has 0 spiro atoms. The standard InChI is InChI=1S/C15H18O3S/c1-9(2)14(18)12-5-7-13(8-6-12)19-15(10(3)16)11(4)17/h5-9,15H,1-4H3. The number of rotatable bonds is 6. The van der Waals surface area contributed by atoms with Crippen LogP contribution in [0.15, 0.2) is 29.2 Å². The van der Waals surface area contributed by atoms with Crippen LogP contribution in [0.25, 0.3) is 0 Å². The highest BCUT2D eigenvalue weighted by Crippen LogP contribution is 2.25. The molecular formula is C15H18O3S. The van der Waals surface area contributed by atoms with E-state index in [2.05, 4.69) is 0 Å². The first kappa shape index (κ1) is 15.6. The summed E-state index contributed by atoms with van der Waals surface area (Å²) in [6.07, 6.45) is 0. The molecule has 19 heavy (non-hydrogen) atoms. The van der Waals surface area contributed by atoms with Crippen LogP contribution in [-0.4, -0.2) is 22.6 Å². The molecule has 1 rings (SSSR count). The van der Waals surface area contributed by atoms with E-state index >= 15 is 0 Å². The zero-order valence-electron chi connectivity index (χ0n) is 11.6. The molecule has 1 aromatic carbocycles. The van der Waals surface area contributed by atoms with Crippen molar-refractivity contribution in [3.8, 4) is 0 Å². The molecule has 0 aromatic heterocycles. The number of hydrogen-bond acceptors (Lipinski definition) is 4. The van der Waals surface area contributed by atoms with Crippen molar-refractivity contribution < 1.29 is 14.4 Å². The van der Waals surface area contributed by atoms with Gasteiger partial charge >= 0.3 is 0 Å². The van der Waals surface area contributed by atoms with Crippen LogP contribution in [0.5, 0.6) is 0 Å². The lowest BCUT2D eigenvalue weighted by Crippen LogP contribution is -2.22. The molecule has 0 atom stereocenters. The summed E-state index contributed by atoms with van der Waals surface area (Å²) in [5.41, 5.74) is 0.654. The lowest BCUT2D eigenvalue weighted by molar-refractivity contribution is -0.123. The Bertz CT molecular complexity index is 475. The summed E-state index contributed by atoms with van der Waals surface area (Å²) in [6.45, 7) is 6.53. The van der Waals surface area contributed by atoms with Gasteiger partial charge in [-0.3, -0.25) is 14.4 Å². The molecule has 0 N–H and O–H groups in total. The van der Waals surface area contributed by atoms with Crippen LogP contribution in [0.3, 0.4) is 0 Å². The van der Waals surface area contributed by atoms with Crippen LogP contribution in [-0.2, 0) is 9.59 Å². The van der Waals surface area contributed by atoms with Crippen LogP contribution in [0, 0.1) is 5.92 Å². The molecule has 102 valence electrons. The molecule has 0 aliphatic heterocycles. The molecule has 3 nitrogen and oxygen atoms in total. The fourth-order valence-corrected chi connectivity index (χ4v) is 2.52. The van der Waals surface area contributed by atoms with E-state index in [4.69, 9.17) is 0 Å². The summed E-state index contributed by atoms with van der Waals surface area (Å²) in [5.74, 6) is -0.258. The number of ketones is 3. The zero-order chi connectivity index (χ0) is 14.6. The Kier molecular flexibility index (Phi) is 5.48. The lowest BCUT2D eigenvalue weighted by atomic mass is 10.0. The second-order valence-corrected chi connectivity index (χ2v) is 5.94. The third kappa shape index (κ3) is 4.31. The normalized spacial score (nSPS) is 10.8. The van der Waals surface area contributed by atoms with Gasteiger partial charge in [0.25, 0.3) is 0 Å². The van der Waals surface area contributed by atoms with Crippen molar-refractivity contribution in [2.24, 2.45) is 5.92 Å². The maximum atomic E-state index is 11.8. The van der Waals surface area contributed by atoms with Crippen LogP contribution in [0.1, 0.15) is 38.1 Å². The summed E-state index contributed by atoms with van der Waals surface area (Å²) in [7, 11) is 0. The summed E-state index contributed by atoms with van der Waals surface area (Å²) in [4.78, 5) is 35.3. The van der Waals surface area contributed by atoms with Gasteiger partial charge in [-0.1, -0.05) is 26.0 Å². The summed E-state index contributed by atoms with van der Waals surface area (Å²) in [5, 5.41) is -0.661. The molecule has 0 saturated carbocycles. The molecule has 0 amide bonds. The number of carbonyl (C=O) groups excluding carboxylic acids is 3. The van der Waals surface area contributed by atoms with Gasteiger partial charge in [0.05, 0.1) is 0 Å². The number of carbonyl (C=O) groups is 3. The minimum atomic E-state index is -0.661. The van der Waals surface area contributed by atoms with E-state index in [9.17, 15) is 14.4 Å². The molecule has 0 aliphatic rings. The summed E-state index contributed by atoms with van der Waals surface area (Å²) < 4.78 is 0. The van der Waals surface area contributed by atoms with E-state index in [-0.39, 0.29) is 23.3 Å². The Morgan fingerprint density at radius 1 is 0.947 bits per heavy atom. The molecule has 0 saturated heterocycles. The Labute approximate surface area is 117 Å². The van der Waals surface area contributed by atoms with Gasteiger partial charge in [0.2, 0.25) is 0 Å². The number of thioether (sulfide) groups is 1. The fourth-order valence-electron chi connectivity index (χ4n) is 1.62. The SMILES string of the molecule is CC(=O)C(Sc1ccc(C(=O)C(C)C)cc1)C(C)=O. The van der Waals surface area contributed by atoms with Crippen molar-refractivity contribution in [3.05, 3.63) is 29.8 Å². The van der Waals surface area contributed by atoms with E-state index in [1.54, 1.807) is 24.3 Å². The van der Waals surface area contributed by atoms with E-state index in [1.807, 2.05) is 13.8 Å². The first-order chi connectivity index (χ1) is 8.82. The topological polar surface area (TPSA) is 51.2 Å². The monoisotopic (exact) mass is 278 g/mol. The Morgan fingerprint density at radius 3 is 1.79 bits per heavy atom. The Morgan fingerprint density at radius 2 is 1.42 bits per heavy atom. The van der Waals surface area contributed by atoms with Crippen molar-refractivity contribution in [2.75, 3.05) is 0 Å². The van der Waals surface area contributed by atoms with E-state index in [0.717, 1.165) is 4.90 Å². The van der Waals surface area contributed by atoms with E-state index in [0.29, 0.717) is 5.56 Å². The molecule has 0 bridgehead atoms. The highest BCUT2D eigenvalue weighted by atomic mass is 32.2. The van der Waals surface area contributed by atoms with Crippen molar-refractivity contribution in [2.45, 2.75) is 37.8 Å². The average Bonchev–Trinajstić information content (AvgIpc) is 2.34. The zero-order valence-corrected chi connectivity index (χ0v) is 12.4. The smallest absolute Gasteiger partial charge is 0.165 e. The maximum absolute atomic E-state index is 11.8. The predicted octanol–water partition coefficient (Wildman–Crippen LogP) is 3.16. The minimum absolute atomic E-state index is 0.0410. The molecule has 0 heterocycles. The fraction of sp³-hybridized carbons (Fsp3) is 0.400. The number of Topliss-reactive ketones (excluding diaryl/α,β-unsaturated/α-hetero) is 3. The van der Waals surface area contributed by atoms with Crippen molar-refractivity contribution in [3.63, 3.8) is 0 Å². The largest absolute Gasteiger partial charge is 0.298 e. The number of benzene rings is 1. The molecule has 1 aromatic rings. The maximum Gasteiger partial charge on any atom is 0.165 e. The van der Waals surface area contributed by atoms with Gasteiger partial charge in [-0.15, -0.1) is 11.8 Å². The first-order valence-electron chi connectivity index (χ1n) is 6.14. The summed E-state index contributed by atoms with van der Waals surface area (Å²) in [6, 6.07) is 7.03. The molecule has 0 unspecified atom stereocenters. The van der Waals surface area contributed by atoms with Crippen LogP contribution < -0.4 is 0 Å². The minimum Gasteiger partial charge on any atom is -0.298 e. The molecule has 4 heteroatoms. The van der Waals surface area contributed by atoms with Crippen molar-refractivity contribution in [1.29, 1.82) is 0 Å². The van der Waals surface area contributed by atoms with Gasteiger partial charge in [-0.2, -0.15) is 0 Å². The van der Waals surface area contributed by atoms with Crippen molar-refractivity contribution in [1.82, 2.24) is 0 Å². The van der Waals surface area contributed by atoms with E-state index in [1.165, 1.54) is 25.6 Å². The predicted molar refractivity (Wildman–Crippen MR) is 76.6 cm³/mol. The molecule has 0 aliphatic carbocycles. The third-order valence-electron chi connectivity index (χ3n) is 2.66. The Hall–Kier alpha value is -1.42. The van der Waals surface area contributed by atoms with E-state index < -0.39 is 5.25 Å². The van der Waals surface area contributed by atoms with Gasteiger partial charge in [-0.05, 0) is 26.0 Å². The molecule has 0 fully saturated rings. The highest BCUT2D eigenvalue weighted by molar-refractivity contribution is 8.01.